The maximum atomic E-state index is 13.2. The van der Waals surface area contributed by atoms with Crippen LogP contribution in [0, 0.1) is 5.41 Å². The molecule has 2 rings (SSSR count). The van der Waals surface area contributed by atoms with Crippen molar-refractivity contribution in [3.05, 3.63) is 0 Å². The number of hydrogen-bond donors (Lipinski definition) is 2. The Morgan fingerprint density at radius 3 is 2.45 bits per heavy atom. The van der Waals surface area contributed by atoms with Gasteiger partial charge in [0.2, 0.25) is 3.79 Å². The molecule has 0 aromatic heterocycles. The largest absolute Gasteiger partial charge is 0.460 e. The number of alkyl carbamates (subject to hydrolysis) is 1. The fourth-order valence-corrected chi connectivity index (χ4v) is 3.30. The summed E-state index contributed by atoms with van der Waals surface area (Å²) in [4.78, 5) is 37.8. The second kappa shape index (κ2) is 11.6. The third kappa shape index (κ3) is 10.00. The standard InChI is InChI=1S/C20H32Cl3N3O7/c1-18(2,3)33-17(29)24-14(8-30-9-19(4)10-31-11-19)15(27)26-7-5-6-13(25-26)16(28)32-12-20(21,22)23/h13-14,25H,5-12H2,1-4H3,(H,24,29). The topological polar surface area (TPSA) is 115 Å². The van der Waals surface area contributed by atoms with Gasteiger partial charge >= 0.3 is 12.1 Å². The van der Waals surface area contributed by atoms with Crippen LogP contribution in [0.3, 0.4) is 0 Å². The van der Waals surface area contributed by atoms with E-state index in [-0.39, 0.29) is 12.0 Å². The number of amides is 2. The van der Waals surface area contributed by atoms with Gasteiger partial charge in [0.05, 0.1) is 26.4 Å². The number of nitrogens with zero attached hydrogens (tertiary/aromatic N) is 1. The summed E-state index contributed by atoms with van der Waals surface area (Å²) in [5.74, 6) is -1.13. The molecule has 2 saturated heterocycles. The molecule has 2 fully saturated rings. The average Bonchev–Trinajstić information content (AvgIpc) is 2.67. The molecule has 2 atom stereocenters. The molecule has 2 amide bonds. The van der Waals surface area contributed by atoms with Gasteiger partial charge in [-0.25, -0.2) is 10.2 Å². The van der Waals surface area contributed by atoms with Crippen molar-refractivity contribution in [3.63, 3.8) is 0 Å². The molecule has 2 unspecified atom stereocenters. The molecule has 0 saturated carbocycles. The third-order valence-corrected chi connectivity index (χ3v) is 5.07. The molecular weight excluding hydrogens is 501 g/mol. The van der Waals surface area contributed by atoms with Gasteiger partial charge in [-0.15, -0.1) is 0 Å². The number of hydrogen-bond acceptors (Lipinski definition) is 8. The molecule has 33 heavy (non-hydrogen) atoms. The monoisotopic (exact) mass is 531 g/mol. The Bertz CT molecular complexity index is 708. The molecule has 0 spiro atoms. The van der Waals surface area contributed by atoms with Crippen molar-refractivity contribution in [2.24, 2.45) is 5.41 Å². The van der Waals surface area contributed by atoms with Gasteiger partial charge < -0.3 is 24.3 Å². The second-order valence-electron chi connectivity index (χ2n) is 9.55. The van der Waals surface area contributed by atoms with Crippen LogP contribution in [-0.4, -0.2) is 84.0 Å². The summed E-state index contributed by atoms with van der Waals surface area (Å²) in [5.41, 5.74) is 1.97. The third-order valence-electron chi connectivity index (χ3n) is 4.74. The van der Waals surface area contributed by atoms with Gasteiger partial charge in [0.15, 0.2) is 0 Å². The van der Waals surface area contributed by atoms with E-state index in [0.717, 1.165) is 0 Å². The SMILES string of the molecule is CC1(COCC(NC(=O)OC(C)(C)C)C(=O)N2CCCC(C(=O)OCC(Cl)(Cl)Cl)N2)COC1. The van der Waals surface area contributed by atoms with Gasteiger partial charge in [0.1, 0.15) is 24.3 Å². The number of carbonyl (C=O) groups excluding carboxylic acids is 3. The molecule has 0 aromatic rings. The molecule has 2 N–H and O–H groups in total. The summed E-state index contributed by atoms with van der Waals surface area (Å²) < 4.78 is 19.5. The minimum atomic E-state index is -1.73. The molecule has 0 radical (unpaired) electrons. The van der Waals surface area contributed by atoms with Crippen molar-refractivity contribution >= 4 is 52.8 Å². The smallest absolute Gasteiger partial charge is 0.408 e. The fourth-order valence-electron chi connectivity index (χ4n) is 3.14. The minimum Gasteiger partial charge on any atom is -0.460 e. The highest BCUT2D eigenvalue weighted by atomic mass is 35.6. The fraction of sp³-hybridized carbons (Fsp3) is 0.850. The van der Waals surface area contributed by atoms with E-state index in [2.05, 4.69) is 10.7 Å². The van der Waals surface area contributed by atoms with Gasteiger partial charge in [0.25, 0.3) is 5.91 Å². The predicted molar refractivity (Wildman–Crippen MR) is 122 cm³/mol. The molecule has 2 aliphatic rings. The number of hydrazine groups is 1. The lowest BCUT2D eigenvalue weighted by molar-refractivity contribution is -0.154. The number of alkyl halides is 3. The Morgan fingerprint density at radius 1 is 1.24 bits per heavy atom. The van der Waals surface area contributed by atoms with E-state index >= 15 is 0 Å². The average molecular weight is 533 g/mol. The Hall–Kier alpha value is -1.04. The second-order valence-corrected chi connectivity index (χ2v) is 12.1. The van der Waals surface area contributed by atoms with Crippen LogP contribution in [-0.2, 0) is 28.5 Å². The molecule has 0 aromatic carbocycles. The van der Waals surface area contributed by atoms with Gasteiger partial charge in [-0.1, -0.05) is 41.7 Å². The Balaban J connectivity index is 1.99. The first-order valence-corrected chi connectivity index (χ1v) is 11.8. The van der Waals surface area contributed by atoms with E-state index in [9.17, 15) is 14.4 Å². The quantitative estimate of drug-likeness (QED) is 0.362. The molecular formula is C20H32Cl3N3O7. The van der Waals surface area contributed by atoms with Crippen molar-refractivity contribution in [2.45, 2.75) is 62.0 Å². The molecule has 2 aliphatic heterocycles. The number of nitrogens with one attached hydrogen (secondary N) is 2. The van der Waals surface area contributed by atoms with Crippen LogP contribution < -0.4 is 10.7 Å². The lowest BCUT2D eigenvalue weighted by Crippen LogP contribution is -2.61. The van der Waals surface area contributed by atoms with E-state index < -0.39 is 46.1 Å². The summed E-state index contributed by atoms with van der Waals surface area (Å²) >= 11 is 16.9. The Morgan fingerprint density at radius 2 is 1.91 bits per heavy atom. The first-order chi connectivity index (χ1) is 15.2. The summed E-state index contributed by atoms with van der Waals surface area (Å²) in [7, 11) is 0. The van der Waals surface area contributed by atoms with Crippen LogP contribution in [0.5, 0.6) is 0 Å². The lowest BCUT2D eigenvalue weighted by atomic mass is 9.90. The van der Waals surface area contributed by atoms with Crippen LogP contribution in [0.2, 0.25) is 0 Å². The number of rotatable bonds is 8. The van der Waals surface area contributed by atoms with Gasteiger partial charge in [-0.05, 0) is 33.6 Å². The predicted octanol–water partition coefficient (Wildman–Crippen LogP) is 2.34. The van der Waals surface area contributed by atoms with Crippen LogP contribution in [0.25, 0.3) is 0 Å². The van der Waals surface area contributed by atoms with Crippen LogP contribution >= 0.6 is 34.8 Å². The zero-order chi connectivity index (χ0) is 24.9. The normalized spacial score (nSPS) is 21.5. The van der Waals surface area contributed by atoms with E-state index in [1.165, 1.54) is 5.01 Å². The zero-order valence-corrected chi connectivity index (χ0v) is 21.5. The van der Waals surface area contributed by atoms with Gasteiger partial charge in [-0.3, -0.25) is 14.6 Å². The summed E-state index contributed by atoms with van der Waals surface area (Å²) in [6.45, 7) is 8.50. The van der Waals surface area contributed by atoms with Gasteiger partial charge in [-0.2, -0.15) is 0 Å². The number of ether oxygens (including phenoxy) is 4. The minimum absolute atomic E-state index is 0.0752. The molecule has 0 bridgehead atoms. The zero-order valence-electron chi connectivity index (χ0n) is 19.3. The van der Waals surface area contributed by atoms with E-state index in [4.69, 9.17) is 53.8 Å². The van der Waals surface area contributed by atoms with Crippen molar-refractivity contribution < 1.29 is 33.3 Å². The highest BCUT2D eigenvalue weighted by Gasteiger charge is 2.37. The highest BCUT2D eigenvalue weighted by Crippen LogP contribution is 2.27. The van der Waals surface area contributed by atoms with Crippen molar-refractivity contribution in [2.75, 3.05) is 39.6 Å². The van der Waals surface area contributed by atoms with E-state index in [1.54, 1.807) is 20.8 Å². The maximum absolute atomic E-state index is 13.2. The van der Waals surface area contributed by atoms with Crippen LogP contribution in [0.15, 0.2) is 0 Å². The van der Waals surface area contributed by atoms with E-state index in [0.29, 0.717) is 39.2 Å². The molecule has 0 aliphatic carbocycles. The molecule has 10 nitrogen and oxygen atoms in total. The summed E-state index contributed by atoms with van der Waals surface area (Å²) in [6.07, 6.45) is 0.210. The molecule has 13 heteroatoms. The summed E-state index contributed by atoms with van der Waals surface area (Å²) in [5, 5.41) is 3.83. The summed E-state index contributed by atoms with van der Waals surface area (Å²) in [6, 6.07) is -1.84. The maximum Gasteiger partial charge on any atom is 0.408 e. The van der Waals surface area contributed by atoms with Crippen molar-refractivity contribution in [1.29, 1.82) is 0 Å². The number of carbonyl (C=O) groups is 3. The first kappa shape index (κ1) is 28.2. The molecule has 190 valence electrons. The Labute approximate surface area is 208 Å². The van der Waals surface area contributed by atoms with Gasteiger partial charge in [0, 0.05) is 12.0 Å². The highest BCUT2D eigenvalue weighted by molar-refractivity contribution is 6.67. The molecule has 2 heterocycles. The lowest BCUT2D eigenvalue weighted by Gasteiger charge is -2.38. The van der Waals surface area contributed by atoms with E-state index in [1.807, 2.05) is 6.92 Å². The number of esters is 1. The van der Waals surface area contributed by atoms with Crippen molar-refractivity contribution in [1.82, 2.24) is 15.8 Å². The van der Waals surface area contributed by atoms with Crippen molar-refractivity contribution in [3.8, 4) is 0 Å². The number of halogens is 3. The van der Waals surface area contributed by atoms with Crippen LogP contribution in [0.4, 0.5) is 4.79 Å². The Kier molecular flexibility index (Phi) is 9.91. The first-order valence-electron chi connectivity index (χ1n) is 10.6. The van der Waals surface area contributed by atoms with Crippen LogP contribution in [0.1, 0.15) is 40.5 Å².